The Labute approximate surface area is 304 Å². The molecule has 0 N–H and O–H groups in total. The summed E-state index contributed by atoms with van der Waals surface area (Å²) in [5.74, 6) is 0. The number of benzene rings is 9. The Morgan fingerprint density at radius 1 is 0.302 bits per heavy atom. The average Bonchev–Trinajstić information content (AvgIpc) is 3.87. The summed E-state index contributed by atoms with van der Waals surface area (Å²) < 4.78 is 11.1. The van der Waals surface area contributed by atoms with Crippen molar-refractivity contribution in [3.8, 4) is 22.5 Å². The quantitative estimate of drug-likeness (QED) is 0.183. The highest BCUT2D eigenvalue weighted by Gasteiger charge is 2.18. The second kappa shape index (κ2) is 10.7. The van der Waals surface area contributed by atoms with Crippen LogP contribution in [0, 0.1) is 0 Å². The van der Waals surface area contributed by atoms with Gasteiger partial charge in [0, 0.05) is 55.1 Å². The van der Waals surface area contributed by atoms with Crippen LogP contribution in [0.25, 0.3) is 110 Å². The van der Waals surface area contributed by atoms with E-state index in [1.54, 1.807) is 0 Å². The molecule has 3 aromatic heterocycles. The van der Waals surface area contributed by atoms with Gasteiger partial charge in [-0.2, -0.15) is 0 Å². The second-order valence-electron chi connectivity index (χ2n) is 14.1. The zero-order valence-electron chi connectivity index (χ0n) is 28.6. The van der Waals surface area contributed by atoms with E-state index in [-0.39, 0.29) is 0 Å². The van der Waals surface area contributed by atoms with E-state index in [2.05, 4.69) is 179 Å². The highest BCUT2D eigenvalue weighted by Crippen LogP contribution is 2.41. The maximum atomic E-state index is 6.32. The van der Waals surface area contributed by atoms with Gasteiger partial charge in [-0.1, -0.05) is 115 Å². The summed E-state index contributed by atoms with van der Waals surface area (Å²) in [5.41, 5.74) is 11.3. The van der Waals surface area contributed by atoms with Crippen LogP contribution in [-0.4, -0.2) is 9.13 Å². The van der Waals surface area contributed by atoms with Crippen molar-refractivity contribution in [3.05, 3.63) is 182 Å². The van der Waals surface area contributed by atoms with Gasteiger partial charge in [0.25, 0.3) is 0 Å². The van der Waals surface area contributed by atoms with Crippen LogP contribution in [0.4, 0.5) is 0 Å². The minimum Gasteiger partial charge on any atom is -0.456 e. The fourth-order valence-corrected chi connectivity index (χ4v) is 8.83. The van der Waals surface area contributed by atoms with E-state index in [9.17, 15) is 0 Å². The molecule has 53 heavy (non-hydrogen) atoms. The third kappa shape index (κ3) is 4.10. The van der Waals surface area contributed by atoms with Gasteiger partial charge in [-0.15, -0.1) is 0 Å². The van der Waals surface area contributed by atoms with Gasteiger partial charge in [-0.05, 0) is 87.9 Å². The van der Waals surface area contributed by atoms with E-state index in [1.165, 1.54) is 82.0 Å². The number of para-hydroxylation sites is 2. The molecule has 12 aromatic rings. The molecular weight excluding hydrogens is 645 g/mol. The van der Waals surface area contributed by atoms with Crippen LogP contribution in [0.15, 0.2) is 186 Å². The molecule has 0 saturated carbocycles. The number of hydrogen-bond acceptors (Lipinski definition) is 1. The van der Waals surface area contributed by atoms with Crippen molar-refractivity contribution in [2.75, 3.05) is 0 Å². The first-order chi connectivity index (χ1) is 26.3. The van der Waals surface area contributed by atoms with Crippen molar-refractivity contribution in [1.82, 2.24) is 9.13 Å². The molecule has 0 amide bonds. The van der Waals surface area contributed by atoms with Crippen LogP contribution in [-0.2, 0) is 0 Å². The lowest BCUT2D eigenvalue weighted by atomic mass is 10.00. The minimum absolute atomic E-state index is 0.898. The normalized spacial score (nSPS) is 12.2. The number of aromatic nitrogens is 2. The lowest BCUT2D eigenvalue weighted by Crippen LogP contribution is -1.94. The lowest BCUT2D eigenvalue weighted by molar-refractivity contribution is 0.668. The predicted molar refractivity (Wildman–Crippen MR) is 223 cm³/mol. The molecule has 0 bridgehead atoms. The molecule has 3 heteroatoms. The van der Waals surface area contributed by atoms with Gasteiger partial charge in [0.15, 0.2) is 0 Å². The number of hydrogen-bond donors (Lipinski definition) is 0. The number of rotatable bonds is 3. The molecule has 0 saturated heterocycles. The van der Waals surface area contributed by atoms with Crippen molar-refractivity contribution in [1.29, 1.82) is 0 Å². The van der Waals surface area contributed by atoms with Gasteiger partial charge in [0.1, 0.15) is 11.2 Å². The molecule has 0 aliphatic heterocycles. The summed E-state index contributed by atoms with van der Waals surface area (Å²) in [7, 11) is 0. The topological polar surface area (TPSA) is 23.0 Å². The van der Waals surface area contributed by atoms with Crippen LogP contribution >= 0.6 is 0 Å². The van der Waals surface area contributed by atoms with E-state index in [0.29, 0.717) is 0 Å². The standard InChI is InChI=1S/C50H30N2O/c1-2-11-33-27-36(21-17-31(33)9-1)52-47-26-20-35(29-44(47)42-23-18-32-10-3-4-12-38(32)50(42)52)34-19-25-46-43(28-34)39-13-5-7-15-45(39)51(46)37-22-24-41-40-14-6-8-16-48(40)53-49(41)30-37/h1-30H. The van der Waals surface area contributed by atoms with Crippen molar-refractivity contribution in [2.24, 2.45) is 0 Å². The monoisotopic (exact) mass is 674 g/mol. The predicted octanol–water partition coefficient (Wildman–Crippen LogP) is 13.8. The van der Waals surface area contributed by atoms with Gasteiger partial charge in [0.2, 0.25) is 0 Å². The smallest absolute Gasteiger partial charge is 0.137 e. The number of furan rings is 1. The molecule has 246 valence electrons. The molecule has 0 aliphatic rings. The molecule has 0 aliphatic carbocycles. The van der Waals surface area contributed by atoms with E-state index in [0.717, 1.165) is 27.6 Å². The second-order valence-corrected chi connectivity index (χ2v) is 14.1. The van der Waals surface area contributed by atoms with E-state index in [1.807, 2.05) is 12.1 Å². The minimum atomic E-state index is 0.898. The zero-order chi connectivity index (χ0) is 34.6. The lowest BCUT2D eigenvalue weighted by Gasteiger charge is -2.11. The summed E-state index contributed by atoms with van der Waals surface area (Å²) in [4.78, 5) is 0. The summed E-state index contributed by atoms with van der Waals surface area (Å²) in [6, 6.07) is 66.2. The van der Waals surface area contributed by atoms with Crippen LogP contribution in [0.5, 0.6) is 0 Å². The fourth-order valence-electron chi connectivity index (χ4n) is 8.83. The molecular formula is C50H30N2O. The molecule has 0 fully saturated rings. The number of nitrogens with zero attached hydrogens (tertiary/aromatic N) is 2. The molecule has 0 atom stereocenters. The Balaban J connectivity index is 1.07. The summed E-state index contributed by atoms with van der Waals surface area (Å²) in [5, 5.41) is 12.2. The maximum Gasteiger partial charge on any atom is 0.137 e. The number of fused-ring (bicyclic) bond motifs is 12. The third-order valence-electron chi connectivity index (χ3n) is 11.3. The van der Waals surface area contributed by atoms with E-state index >= 15 is 0 Å². The van der Waals surface area contributed by atoms with Gasteiger partial charge >= 0.3 is 0 Å². The van der Waals surface area contributed by atoms with Crippen LogP contribution in [0.2, 0.25) is 0 Å². The van der Waals surface area contributed by atoms with Gasteiger partial charge in [-0.25, -0.2) is 0 Å². The van der Waals surface area contributed by atoms with Crippen LogP contribution in [0.1, 0.15) is 0 Å². The van der Waals surface area contributed by atoms with Crippen LogP contribution < -0.4 is 0 Å². The molecule has 3 heterocycles. The van der Waals surface area contributed by atoms with Crippen molar-refractivity contribution < 1.29 is 4.42 Å². The maximum absolute atomic E-state index is 6.32. The Morgan fingerprint density at radius 2 is 0.868 bits per heavy atom. The zero-order valence-corrected chi connectivity index (χ0v) is 28.6. The highest BCUT2D eigenvalue weighted by atomic mass is 16.3. The first kappa shape index (κ1) is 28.6. The van der Waals surface area contributed by atoms with Gasteiger partial charge in [-0.3, -0.25) is 0 Å². The van der Waals surface area contributed by atoms with Crippen molar-refractivity contribution >= 4 is 87.1 Å². The highest BCUT2D eigenvalue weighted by molar-refractivity contribution is 6.19. The SMILES string of the molecule is c1ccc2cc(-n3c4ccc(-c5ccc6c(c5)c5ccccc5n6-c5ccc6c(c5)oc5ccccc56)cc4c4ccc5ccccc5c43)ccc2c1. The third-order valence-corrected chi connectivity index (χ3v) is 11.3. The fraction of sp³-hybridized carbons (Fsp3) is 0. The van der Waals surface area contributed by atoms with Crippen LogP contribution in [0.3, 0.4) is 0 Å². The summed E-state index contributed by atoms with van der Waals surface area (Å²) in [6.07, 6.45) is 0. The Morgan fingerprint density at radius 3 is 1.72 bits per heavy atom. The Bertz CT molecular complexity index is 3470. The van der Waals surface area contributed by atoms with Crippen molar-refractivity contribution in [3.63, 3.8) is 0 Å². The molecule has 12 rings (SSSR count). The van der Waals surface area contributed by atoms with Gasteiger partial charge in [0.05, 0.1) is 22.1 Å². The molecule has 9 aromatic carbocycles. The Kier molecular flexibility index (Phi) is 5.77. The van der Waals surface area contributed by atoms with Crippen molar-refractivity contribution in [2.45, 2.75) is 0 Å². The van der Waals surface area contributed by atoms with E-state index < -0.39 is 0 Å². The summed E-state index contributed by atoms with van der Waals surface area (Å²) >= 11 is 0. The van der Waals surface area contributed by atoms with Gasteiger partial charge < -0.3 is 13.6 Å². The largest absolute Gasteiger partial charge is 0.456 e. The average molecular weight is 675 g/mol. The molecule has 0 spiro atoms. The first-order valence-corrected chi connectivity index (χ1v) is 18.2. The summed E-state index contributed by atoms with van der Waals surface area (Å²) in [6.45, 7) is 0. The molecule has 0 unspecified atom stereocenters. The van der Waals surface area contributed by atoms with E-state index in [4.69, 9.17) is 4.42 Å². The molecule has 0 radical (unpaired) electrons. The first-order valence-electron chi connectivity index (χ1n) is 18.2. The molecule has 3 nitrogen and oxygen atoms in total. The Hall–Kier alpha value is -7.10.